The largest absolute Gasteiger partial charge is 0.496 e. The molecule has 0 radical (unpaired) electrons. The van der Waals surface area contributed by atoms with Crippen LogP contribution in [0.4, 0.5) is 13.2 Å². The average Bonchev–Trinajstić information content (AvgIpc) is 3.42. The van der Waals surface area contributed by atoms with E-state index < -0.39 is 12.0 Å². The van der Waals surface area contributed by atoms with E-state index in [1.54, 1.807) is 17.0 Å². The van der Waals surface area contributed by atoms with E-state index in [-0.39, 0.29) is 30.1 Å². The van der Waals surface area contributed by atoms with Gasteiger partial charge in [0.2, 0.25) is 12.3 Å². The van der Waals surface area contributed by atoms with Gasteiger partial charge in [0.25, 0.3) is 5.82 Å². The van der Waals surface area contributed by atoms with Gasteiger partial charge in [0.1, 0.15) is 5.75 Å². The molecule has 2 heterocycles. The number of nitrogens with one attached hydrogen (secondary N) is 2. The van der Waals surface area contributed by atoms with Crippen LogP contribution in [0.15, 0.2) is 48.5 Å². The third-order valence-electron chi connectivity index (χ3n) is 6.32. The van der Waals surface area contributed by atoms with Crippen molar-refractivity contribution in [3.8, 4) is 11.4 Å². The van der Waals surface area contributed by atoms with Crippen molar-refractivity contribution in [3.63, 3.8) is 0 Å². The summed E-state index contributed by atoms with van der Waals surface area (Å²) >= 11 is 0. The van der Waals surface area contributed by atoms with Crippen molar-refractivity contribution in [1.29, 1.82) is 0 Å². The smallest absolute Gasteiger partial charge is 0.453 e. The molecule has 0 bridgehead atoms. The molecule has 196 valence electrons. The highest BCUT2D eigenvalue weighted by atomic mass is 19.4. The molecule has 4 rings (SSSR count). The van der Waals surface area contributed by atoms with Gasteiger partial charge >= 0.3 is 6.18 Å². The maximum Gasteiger partial charge on any atom is 0.453 e. The molecule has 2 amide bonds. The van der Waals surface area contributed by atoms with Crippen molar-refractivity contribution in [3.05, 3.63) is 65.5 Å². The topological polar surface area (TPSA) is 114 Å². The number of hydrogen-bond acceptors (Lipinski definition) is 7. The van der Waals surface area contributed by atoms with Crippen LogP contribution in [-0.4, -0.2) is 70.2 Å². The van der Waals surface area contributed by atoms with Gasteiger partial charge in [-0.3, -0.25) is 9.59 Å². The van der Waals surface area contributed by atoms with E-state index in [2.05, 4.69) is 26.2 Å². The third kappa shape index (κ3) is 6.05. The molecule has 1 aliphatic rings. The van der Waals surface area contributed by atoms with Crippen molar-refractivity contribution in [2.45, 2.75) is 31.1 Å². The third-order valence-corrected chi connectivity index (χ3v) is 6.32. The summed E-state index contributed by atoms with van der Waals surface area (Å²) < 4.78 is 46.0. The number of amides is 2. The molecular weight excluding hydrogens is 491 g/mol. The second-order valence-electron chi connectivity index (χ2n) is 8.54. The molecule has 37 heavy (non-hydrogen) atoms. The molecule has 0 saturated carbocycles. The van der Waals surface area contributed by atoms with Gasteiger partial charge in [0, 0.05) is 37.2 Å². The lowest BCUT2D eigenvalue weighted by Gasteiger charge is -2.39. The molecule has 13 heteroatoms. The predicted octanol–water partition coefficient (Wildman–Crippen LogP) is 1.91. The molecular formula is C24H26F3N7O3. The maximum atomic E-state index is 13.3. The van der Waals surface area contributed by atoms with Gasteiger partial charge in [-0.2, -0.15) is 17.9 Å². The second kappa shape index (κ2) is 11.4. The first-order valence-corrected chi connectivity index (χ1v) is 11.6. The first-order valence-electron chi connectivity index (χ1n) is 11.6. The lowest BCUT2D eigenvalue weighted by Crippen LogP contribution is -2.51. The fourth-order valence-electron chi connectivity index (χ4n) is 4.52. The number of rotatable bonds is 9. The monoisotopic (exact) mass is 517 g/mol. The Kier molecular flexibility index (Phi) is 8.01. The summed E-state index contributed by atoms with van der Waals surface area (Å²) in [4.78, 5) is 24.8. The van der Waals surface area contributed by atoms with Crippen LogP contribution >= 0.6 is 0 Å². The van der Waals surface area contributed by atoms with E-state index in [1.807, 2.05) is 30.3 Å². The Morgan fingerprint density at radius 2 is 2.00 bits per heavy atom. The number of aromatic nitrogens is 4. The van der Waals surface area contributed by atoms with Crippen LogP contribution in [0, 0.1) is 0 Å². The quantitative estimate of drug-likeness (QED) is 0.417. The summed E-state index contributed by atoms with van der Waals surface area (Å²) in [6.45, 7) is 1.19. The molecule has 1 saturated heterocycles. The van der Waals surface area contributed by atoms with E-state index >= 15 is 0 Å². The Morgan fingerprint density at radius 1 is 1.22 bits per heavy atom. The molecule has 10 nitrogen and oxygen atoms in total. The molecule has 1 aromatic heterocycles. The van der Waals surface area contributed by atoms with Gasteiger partial charge in [-0.05, 0) is 40.6 Å². The first kappa shape index (κ1) is 26.1. The van der Waals surface area contributed by atoms with Crippen molar-refractivity contribution in [2.24, 2.45) is 0 Å². The SMILES string of the molecule is COc1ccc(-n2nnnc2C(F)(F)F)cc1CNC1CCN(C(=O)CNC=O)CC1c1ccccc1. The van der Waals surface area contributed by atoms with E-state index in [9.17, 15) is 22.8 Å². The number of halogens is 3. The minimum absolute atomic E-state index is 0.0300. The van der Waals surface area contributed by atoms with Gasteiger partial charge in [0.05, 0.1) is 19.3 Å². The first-order chi connectivity index (χ1) is 17.8. The minimum Gasteiger partial charge on any atom is -0.496 e. The Morgan fingerprint density at radius 3 is 2.70 bits per heavy atom. The normalized spacial score (nSPS) is 17.9. The van der Waals surface area contributed by atoms with Crippen LogP contribution in [0.5, 0.6) is 5.75 Å². The highest BCUT2D eigenvalue weighted by Crippen LogP contribution is 2.31. The maximum absolute atomic E-state index is 13.3. The van der Waals surface area contributed by atoms with Crippen molar-refractivity contribution < 1.29 is 27.5 Å². The predicted molar refractivity (Wildman–Crippen MR) is 126 cm³/mol. The van der Waals surface area contributed by atoms with Crippen molar-refractivity contribution in [2.75, 3.05) is 26.7 Å². The van der Waals surface area contributed by atoms with Gasteiger partial charge in [-0.25, -0.2) is 0 Å². The van der Waals surface area contributed by atoms with Crippen LogP contribution in [0.2, 0.25) is 0 Å². The molecule has 2 aromatic carbocycles. The molecule has 0 spiro atoms. The fraction of sp³-hybridized carbons (Fsp3) is 0.375. The number of ether oxygens (including phenoxy) is 1. The van der Waals surface area contributed by atoms with Crippen LogP contribution in [0.1, 0.15) is 29.3 Å². The number of nitrogens with zero attached hydrogens (tertiary/aromatic N) is 5. The Balaban J connectivity index is 1.55. The average molecular weight is 518 g/mol. The molecule has 2 atom stereocenters. The van der Waals surface area contributed by atoms with E-state index in [1.165, 1.54) is 13.2 Å². The summed E-state index contributed by atoms with van der Waals surface area (Å²) in [7, 11) is 1.49. The van der Waals surface area contributed by atoms with Crippen molar-refractivity contribution in [1.82, 2.24) is 35.7 Å². The summed E-state index contributed by atoms with van der Waals surface area (Å²) in [6.07, 6.45) is -3.58. The summed E-state index contributed by atoms with van der Waals surface area (Å²) in [5, 5.41) is 15.7. The Labute approximate surface area is 210 Å². The van der Waals surface area contributed by atoms with Gasteiger partial charge in [-0.15, -0.1) is 5.10 Å². The molecule has 1 fully saturated rings. The summed E-state index contributed by atoms with van der Waals surface area (Å²) in [5.41, 5.74) is 1.83. The number of tetrazole rings is 1. The van der Waals surface area contributed by atoms with E-state index in [0.29, 0.717) is 48.5 Å². The standard InChI is InChI=1S/C24H26F3N7O3/c1-37-21-8-7-18(34-23(24(25,26)27)30-31-32-34)11-17(21)12-29-20-9-10-33(22(36)13-28-15-35)14-19(20)16-5-3-2-4-6-16/h2-8,11,15,19-20,29H,9-10,12-14H2,1H3,(H,28,35). The van der Waals surface area contributed by atoms with Crippen molar-refractivity contribution >= 4 is 12.3 Å². The van der Waals surface area contributed by atoms with Gasteiger partial charge in [-0.1, -0.05) is 30.3 Å². The van der Waals surface area contributed by atoms with Gasteiger partial charge < -0.3 is 20.3 Å². The number of likely N-dealkylation sites (tertiary alicyclic amines) is 1. The van der Waals surface area contributed by atoms with E-state index in [0.717, 1.165) is 5.56 Å². The highest BCUT2D eigenvalue weighted by molar-refractivity contribution is 5.80. The number of benzene rings is 2. The molecule has 2 unspecified atom stereocenters. The molecule has 0 aliphatic carbocycles. The number of carbonyl (C=O) groups is 2. The fourth-order valence-corrected chi connectivity index (χ4v) is 4.52. The van der Waals surface area contributed by atoms with Crippen LogP contribution in [-0.2, 0) is 22.3 Å². The molecule has 1 aliphatic heterocycles. The lowest BCUT2D eigenvalue weighted by molar-refractivity contribution is -0.146. The summed E-state index contributed by atoms with van der Waals surface area (Å²) in [5.74, 6) is -0.924. The Hall–Kier alpha value is -4.00. The number of carbonyl (C=O) groups excluding carboxylic acids is 2. The zero-order chi connectivity index (χ0) is 26.4. The Bertz CT molecular complexity index is 1220. The number of hydrogen-bond donors (Lipinski definition) is 2. The number of methoxy groups -OCH3 is 1. The second-order valence-corrected chi connectivity index (χ2v) is 8.54. The number of piperidine rings is 1. The van der Waals surface area contributed by atoms with Crippen LogP contribution in [0.25, 0.3) is 5.69 Å². The highest BCUT2D eigenvalue weighted by Gasteiger charge is 2.38. The minimum atomic E-state index is -4.71. The summed E-state index contributed by atoms with van der Waals surface area (Å²) in [6, 6.07) is 14.3. The lowest BCUT2D eigenvalue weighted by atomic mass is 9.85. The molecule has 2 N–H and O–H groups in total. The zero-order valence-electron chi connectivity index (χ0n) is 20.0. The molecule has 3 aromatic rings. The van der Waals surface area contributed by atoms with Crippen LogP contribution in [0.3, 0.4) is 0 Å². The van der Waals surface area contributed by atoms with E-state index in [4.69, 9.17) is 4.74 Å². The zero-order valence-corrected chi connectivity index (χ0v) is 20.0. The van der Waals surface area contributed by atoms with Crippen LogP contribution < -0.4 is 15.4 Å². The van der Waals surface area contributed by atoms with Gasteiger partial charge in [0.15, 0.2) is 0 Å². The number of alkyl halides is 3.